The van der Waals surface area contributed by atoms with Gasteiger partial charge in [-0.1, -0.05) is 0 Å². The number of nitrogens with zero attached hydrogens (tertiary/aromatic N) is 2. The predicted octanol–water partition coefficient (Wildman–Crippen LogP) is 1.74. The van der Waals surface area contributed by atoms with Crippen LogP contribution in [-0.2, 0) is 19.6 Å². The number of amides is 2. The summed E-state index contributed by atoms with van der Waals surface area (Å²) < 4.78 is 24.2. The summed E-state index contributed by atoms with van der Waals surface area (Å²) >= 11 is 24.0. The summed E-state index contributed by atoms with van der Waals surface area (Å²) in [5.41, 5.74) is -1.69. The van der Waals surface area contributed by atoms with E-state index in [-0.39, 0.29) is 50.3 Å². The van der Waals surface area contributed by atoms with E-state index in [4.69, 9.17) is 46.4 Å². The van der Waals surface area contributed by atoms with Crippen LogP contribution in [0.2, 0.25) is 0 Å². The van der Waals surface area contributed by atoms with Crippen LogP contribution in [0.5, 0.6) is 0 Å². The van der Waals surface area contributed by atoms with Gasteiger partial charge < -0.3 is 10.2 Å². The molecule has 2 aliphatic carbocycles. The quantitative estimate of drug-likeness (QED) is 0.570. The molecule has 160 valence electrons. The molecular weight excluding hydrogens is 472 g/mol. The van der Waals surface area contributed by atoms with Gasteiger partial charge in [0.05, 0.1) is 16.6 Å². The molecule has 0 aromatic heterocycles. The summed E-state index contributed by atoms with van der Waals surface area (Å²) in [4.78, 5) is 26.3. The second-order valence-electron chi connectivity index (χ2n) is 8.19. The highest BCUT2D eigenvalue weighted by atomic mass is 35.5. The molecule has 1 N–H and O–H groups in total. The zero-order valence-electron chi connectivity index (χ0n) is 15.6. The fourth-order valence-electron chi connectivity index (χ4n) is 3.41. The van der Waals surface area contributed by atoms with Crippen molar-refractivity contribution < 1.29 is 18.0 Å². The number of sulfonamides is 1. The van der Waals surface area contributed by atoms with Crippen molar-refractivity contribution in [2.45, 2.75) is 35.4 Å². The first-order valence-electron chi connectivity index (χ1n) is 8.98. The lowest BCUT2D eigenvalue weighted by Gasteiger charge is -2.35. The molecule has 0 aromatic rings. The number of carbonyl (C=O) groups is 2. The molecule has 0 radical (unpaired) electrons. The lowest BCUT2D eigenvalue weighted by molar-refractivity contribution is -0.137. The van der Waals surface area contributed by atoms with Crippen molar-refractivity contribution in [3.8, 4) is 0 Å². The van der Waals surface area contributed by atoms with Crippen LogP contribution in [0.15, 0.2) is 0 Å². The molecule has 28 heavy (non-hydrogen) atoms. The largest absolute Gasteiger partial charge is 0.354 e. The normalized spacial score (nSPS) is 34.0. The van der Waals surface area contributed by atoms with E-state index in [1.165, 1.54) is 4.31 Å². The van der Waals surface area contributed by atoms with E-state index in [1.54, 1.807) is 18.7 Å². The van der Waals surface area contributed by atoms with Crippen LogP contribution in [-0.4, -0.2) is 76.6 Å². The molecule has 2 amide bonds. The smallest absolute Gasteiger partial charge is 0.231 e. The zero-order valence-corrected chi connectivity index (χ0v) is 19.4. The van der Waals surface area contributed by atoms with Gasteiger partial charge in [0.1, 0.15) is 8.67 Å². The third kappa shape index (κ3) is 3.85. The molecule has 1 heterocycles. The predicted molar refractivity (Wildman–Crippen MR) is 109 cm³/mol. The highest BCUT2D eigenvalue weighted by Crippen LogP contribution is 2.65. The minimum absolute atomic E-state index is 0.0289. The van der Waals surface area contributed by atoms with Crippen LogP contribution < -0.4 is 5.32 Å². The number of hydrogen-bond donors (Lipinski definition) is 1. The Morgan fingerprint density at radius 1 is 0.929 bits per heavy atom. The Morgan fingerprint density at radius 3 is 1.82 bits per heavy atom. The van der Waals surface area contributed by atoms with Gasteiger partial charge in [-0.2, -0.15) is 4.31 Å². The van der Waals surface area contributed by atoms with E-state index in [0.29, 0.717) is 12.8 Å². The number of halogens is 4. The summed E-state index contributed by atoms with van der Waals surface area (Å²) in [6.07, 6.45) is 0.730. The Labute approximate surface area is 185 Å². The van der Waals surface area contributed by atoms with E-state index in [0.717, 1.165) is 0 Å². The molecule has 2 atom stereocenters. The number of alkyl halides is 4. The molecule has 0 spiro atoms. The van der Waals surface area contributed by atoms with Gasteiger partial charge in [0, 0.05) is 32.7 Å². The number of rotatable bonds is 6. The lowest BCUT2D eigenvalue weighted by Crippen LogP contribution is -2.53. The summed E-state index contributed by atoms with van der Waals surface area (Å²) in [6.45, 7) is 4.28. The minimum Gasteiger partial charge on any atom is -0.354 e. The maximum absolute atomic E-state index is 12.6. The molecule has 2 saturated carbocycles. The van der Waals surface area contributed by atoms with E-state index in [9.17, 15) is 18.0 Å². The molecule has 3 fully saturated rings. The highest BCUT2D eigenvalue weighted by Gasteiger charge is 2.69. The van der Waals surface area contributed by atoms with Crippen LogP contribution >= 0.6 is 46.4 Å². The Morgan fingerprint density at radius 2 is 1.39 bits per heavy atom. The summed E-state index contributed by atoms with van der Waals surface area (Å²) in [5.74, 6) is -0.735. The summed E-state index contributed by atoms with van der Waals surface area (Å²) in [6, 6.07) is 0. The molecule has 2 unspecified atom stereocenters. The molecule has 0 aromatic carbocycles. The monoisotopic (exact) mass is 493 g/mol. The van der Waals surface area contributed by atoms with Gasteiger partial charge in [-0.05, 0) is 26.7 Å². The minimum atomic E-state index is -3.56. The Hall–Kier alpha value is 0.01000. The maximum atomic E-state index is 12.6. The van der Waals surface area contributed by atoms with Crippen molar-refractivity contribution in [3.05, 3.63) is 0 Å². The van der Waals surface area contributed by atoms with Gasteiger partial charge in [-0.25, -0.2) is 8.42 Å². The SMILES string of the molecule is CC1(C(=O)NCCS(=O)(=O)N2CCN(C(=O)C3(C)CC3(Cl)Cl)CC2)CC1(Cl)Cl. The van der Waals surface area contributed by atoms with Gasteiger partial charge >= 0.3 is 0 Å². The molecule has 1 saturated heterocycles. The van der Waals surface area contributed by atoms with Crippen LogP contribution in [0.1, 0.15) is 26.7 Å². The number of nitrogens with one attached hydrogen (secondary N) is 1. The van der Waals surface area contributed by atoms with Gasteiger partial charge in [-0.3, -0.25) is 9.59 Å². The van der Waals surface area contributed by atoms with Gasteiger partial charge in [-0.15, -0.1) is 46.4 Å². The molecular formula is C16H23Cl4N3O4S. The van der Waals surface area contributed by atoms with Gasteiger partial charge in [0.25, 0.3) is 0 Å². The fourth-order valence-corrected chi connectivity index (χ4v) is 6.15. The molecule has 7 nitrogen and oxygen atoms in total. The first-order valence-corrected chi connectivity index (χ1v) is 12.1. The van der Waals surface area contributed by atoms with Crippen LogP contribution in [0, 0.1) is 10.8 Å². The first kappa shape index (κ1) is 22.7. The van der Waals surface area contributed by atoms with E-state index in [2.05, 4.69) is 5.32 Å². The van der Waals surface area contributed by atoms with Crippen LogP contribution in [0.4, 0.5) is 0 Å². The van der Waals surface area contributed by atoms with E-state index < -0.39 is 29.5 Å². The van der Waals surface area contributed by atoms with E-state index in [1.807, 2.05) is 0 Å². The van der Waals surface area contributed by atoms with Gasteiger partial charge in [0.15, 0.2) is 0 Å². The van der Waals surface area contributed by atoms with E-state index >= 15 is 0 Å². The third-order valence-electron chi connectivity index (χ3n) is 6.05. The van der Waals surface area contributed by atoms with Crippen molar-refractivity contribution in [1.29, 1.82) is 0 Å². The Kier molecular flexibility index (Phi) is 5.69. The molecule has 12 heteroatoms. The standard InChI is InChI=1S/C16H23Cl4N3O4S/c1-13(9-15(13,17)18)11(24)21-3-8-28(26,27)23-6-4-22(5-7-23)12(25)14(2)10-16(14,19)20/h3-10H2,1-2H3,(H,21,24). The van der Waals surface area contributed by atoms with Crippen LogP contribution in [0.25, 0.3) is 0 Å². The molecule has 3 aliphatic rings. The van der Waals surface area contributed by atoms with Crippen molar-refractivity contribution in [3.63, 3.8) is 0 Å². The topological polar surface area (TPSA) is 86.8 Å². The molecule has 3 rings (SSSR count). The second kappa shape index (κ2) is 7.02. The number of carbonyl (C=O) groups excluding carboxylic acids is 2. The summed E-state index contributed by atoms with van der Waals surface area (Å²) in [5, 5.41) is 2.59. The fraction of sp³-hybridized carbons (Fsp3) is 0.875. The third-order valence-corrected chi connectivity index (χ3v) is 10.1. The molecule has 1 aliphatic heterocycles. The number of hydrogen-bond acceptors (Lipinski definition) is 4. The average Bonchev–Trinajstić information content (AvgIpc) is 3.33. The second-order valence-corrected chi connectivity index (χ2v) is 13.2. The zero-order chi connectivity index (χ0) is 21.2. The van der Waals surface area contributed by atoms with Crippen LogP contribution in [0.3, 0.4) is 0 Å². The van der Waals surface area contributed by atoms with Crippen molar-refractivity contribution in [2.75, 3.05) is 38.5 Å². The first-order chi connectivity index (χ1) is 12.7. The van der Waals surface area contributed by atoms with Crippen molar-refractivity contribution in [1.82, 2.24) is 14.5 Å². The van der Waals surface area contributed by atoms with Crippen molar-refractivity contribution >= 4 is 68.2 Å². The number of piperazine rings is 1. The maximum Gasteiger partial charge on any atom is 0.231 e. The average molecular weight is 495 g/mol. The Bertz CT molecular complexity index is 798. The van der Waals surface area contributed by atoms with Gasteiger partial charge in [0.2, 0.25) is 21.8 Å². The molecule has 0 bridgehead atoms. The summed E-state index contributed by atoms with van der Waals surface area (Å²) in [7, 11) is -3.56. The van der Waals surface area contributed by atoms with Crippen molar-refractivity contribution in [2.24, 2.45) is 10.8 Å². The highest BCUT2D eigenvalue weighted by molar-refractivity contribution is 7.89. The lowest BCUT2D eigenvalue weighted by atomic mass is 10.1. The Balaban J connectivity index is 1.46.